The van der Waals surface area contributed by atoms with Gasteiger partial charge in [0, 0.05) is 55.6 Å². The normalized spacial score (nSPS) is 28.5. The highest BCUT2D eigenvalue weighted by Gasteiger charge is 2.43. The number of benzene rings is 1. The molecule has 6 atom stereocenters. The van der Waals surface area contributed by atoms with E-state index in [1.165, 1.54) is 18.7 Å². The van der Waals surface area contributed by atoms with E-state index in [2.05, 4.69) is 38.1 Å². The molecule has 2 aromatic rings. The van der Waals surface area contributed by atoms with Gasteiger partial charge >= 0.3 is 0 Å². The zero-order valence-electron chi connectivity index (χ0n) is 23.4. The number of halogens is 1. The van der Waals surface area contributed by atoms with Gasteiger partial charge in [0.05, 0.1) is 19.2 Å². The number of pyridine rings is 1. The molecule has 3 heterocycles. The van der Waals surface area contributed by atoms with Crippen LogP contribution in [0.1, 0.15) is 55.0 Å². The molecule has 3 aliphatic rings. The fourth-order valence-corrected chi connectivity index (χ4v) is 6.63. The minimum atomic E-state index is -0.458. The number of nitrogens with zero attached hydrogens (tertiary/aromatic N) is 2. The standard InChI is InChI=1S/C29H40FN7O3/c1-17-13-18(11-12-32-17)27-21-14-19(7-9-24(21)34-35-27)28(38)33-20-8-10-25(29(39)36-31-2)37(15-20)16-22-23(30)5-4-6-26(22)40-3/h4-6,11-13,19-21,24-25,27,31,34-35H,7-10,14-16H2,1-3H3,(H,33,38)(H,36,39)/t19?,20-,21?,24?,25+,27?/m1/s1. The van der Waals surface area contributed by atoms with Crippen LogP contribution in [0.25, 0.3) is 0 Å². The first-order valence-corrected chi connectivity index (χ1v) is 14.1. The second kappa shape index (κ2) is 12.6. The summed E-state index contributed by atoms with van der Waals surface area (Å²) in [7, 11) is 3.14. The van der Waals surface area contributed by atoms with Crippen LogP contribution >= 0.6 is 0 Å². The van der Waals surface area contributed by atoms with E-state index >= 15 is 0 Å². The number of hydrazine groups is 2. The van der Waals surface area contributed by atoms with Crippen molar-refractivity contribution in [2.45, 2.75) is 69.7 Å². The Bertz CT molecular complexity index is 1210. The third-order valence-electron chi connectivity index (χ3n) is 8.64. The number of nitrogens with one attached hydrogen (secondary N) is 5. The summed E-state index contributed by atoms with van der Waals surface area (Å²) in [6, 6.07) is 8.73. The Morgan fingerprint density at radius 2 is 2.00 bits per heavy atom. The number of hydrogen-bond acceptors (Lipinski definition) is 8. The Labute approximate surface area is 234 Å². The minimum Gasteiger partial charge on any atom is -0.496 e. The van der Waals surface area contributed by atoms with E-state index in [1.807, 2.05) is 24.1 Å². The predicted octanol–water partition coefficient (Wildman–Crippen LogP) is 1.87. The van der Waals surface area contributed by atoms with Crippen molar-refractivity contribution >= 4 is 11.8 Å². The van der Waals surface area contributed by atoms with Gasteiger partial charge in [-0.3, -0.25) is 30.3 Å². The number of aromatic nitrogens is 1. The van der Waals surface area contributed by atoms with Gasteiger partial charge in [0.15, 0.2) is 0 Å². The van der Waals surface area contributed by atoms with Gasteiger partial charge < -0.3 is 10.1 Å². The highest BCUT2D eigenvalue weighted by molar-refractivity contribution is 5.82. The second-order valence-corrected chi connectivity index (χ2v) is 11.2. The molecule has 0 spiro atoms. The van der Waals surface area contributed by atoms with Gasteiger partial charge in [-0.2, -0.15) is 0 Å². The lowest BCUT2D eigenvalue weighted by atomic mass is 9.74. The number of likely N-dealkylation sites (tertiary alicyclic amines) is 1. The van der Waals surface area contributed by atoms with Crippen molar-refractivity contribution in [3.05, 3.63) is 59.2 Å². The van der Waals surface area contributed by atoms with Crippen LogP contribution in [0.3, 0.4) is 0 Å². The monoisotopic (exact) mass is 553 g/mol. The quantitative estimate of drug-likeness (QED) is 0.315. The molecule has 1 aromatic heterocycles. The zero-order chi connectivity index (χ0) is 28.2. The van der Waals surface area contributed by atoms with Crippen LogP contribution in [0.5, 0.6) is 5.75 Å². The maximum Gasteiger partial charge on any atom is 0.251 e. The summed E-state index contributed by atoms with van der Waals surface area (Å²) in [4.78, 5) is 32.6. The molecule has 11 heteroatoms. The summed E-state index contributed by atoms with van der Waals surface area (Å²) in [6.07, 6.45) is 5.58. The number of carbonyl (C=O) groups excluding carboxylic acids is 2. The maximum atomic E-state index is 14.8. The lowest BCUT2D eigenvalue weighted by Gasteiger charge is -2.40. The molecular formula is C29H40FN7O3. The number of amides is 2. The maximum absolute atomic E-state index is 14.8. The molecule has 216 valence electrons. The first-order chi connectivity index (χ1) is 19.4. The number of rotatable bonds is 8. The zero-order valence-corrected chi connectivity index (χ0v) is 23.4. The summed E-state index contributed by atoms with van der Waals surface area (Å²) in [6.45, 7) is 2.62. The van der Waals surface area contributed by atoms with Gasteiger partial charge in [-0.15, -0.1) is 0 Å². The van der Waals surface area contributed by atoms with Crippen molar-refractivity contribution in [2.75, 3.05) is 20.7 Å². The number of methoxy groups -OCH3 is 1. The molecule has 1 aromatic carbocycles. The molecule has 1 saturated carbocycles. The van der Waals surface area contributed by atoms with E-state index in [0.717, 1.165) is 25.0 Å². The van der Waals surface area contributed by atoms with Crippen LogP contribution in [-0.4, -0.2) is 60.5 Å². The Hall–Kier alpha value is -3.12. The smallest absolute Gasteiger partial charge is 0.251 e. The van der Waals surface area contributed by atoms with Crippen LogP contribution in [0.15, 0.2) is 36.5 Å². The van der Waals surface area contributed by atoms with E-state index in [-0.39, 0.29) is 42.2 Å². The molecule has 0 radical (unpaired) electrons. The predicted molar refractivity (Wildman–Crippen MR) is 148 cm³/mol. The first kappa shape index (κ1) is 28.4. The molecule has 4 unspecified atom stereocenters. The fourth-order valence-electron chi connectivity index (χ4n) is 6.63. The summed E-state index contributed by atoms with van der Waals surface area (Å²) >= 11 is 0. The number of fused-ring (bicyclic) bond motifs is 1. The van der Waals surface area contributed by atoms with Crippen LogP contribution in [0.4, 0.5) is 4.39 Å². The van der Waals surface area contributed by atoms with Gasteiger partial charge in [-0.1, -0.05) is 6.07 Å². The van der Waals surface area contributed by atoms with Crippen molar-refractivity contribution in [3.8, 4) is 5.75 Å². The van der Waals surface area contributed by atoms with Gasteiger partial charge in [0.2, 0.25) is 5.91 Å². The van der Waals surface area contributed by atoms with Crippen molar-refractivity contribution < 1.29 is 18.7 Å². The largest absolute Gasteiger partial charge is 0.496 e. The number of aryl methyl sites for hydroxylation is 1. The van der Waals surface area contributed by atoms with Crippen molar-refractivity contribution in [2.24, 2.45) is 11.8 Å². The third kappa shape index (κ3) is 6.12. The van der Waals surface area contributed by atoms with Gasteiger partial charge in [-0.25, -0.2) is 15.2 Å². The molecule has 2 aliphatic heterocycles. The molecule has 40 heavy (non-hydrogen) atoms. The highest BCUT2D eigenvalue weighted by atomic mass is 19.1. The average molecular weight is 554 g/mol. The lowest BCUT2D eigenvalue weighted by molar-refractivity contribution is -0.130. The lowest BCUT2D eigenvalue weighted by Crippen LogP contribution is -2.58. The molecule has 10 nitrogen and oxygen atoms in total. The van der Waals surface area contributed by atoms with Crippen LogP contribution < -0.4 is 31.8 Å². The molecule has 2 saturated heterocycles. The van der Waals surface area contributed by atoms with Crippen LogP contribution in [0, 0.1) is 24.6 Å². The van der Waals surface area contributed by atoms with Gasteiger partial charge in [-0.05, 0) is 74.8 Å². The molecule has 0 bridgehead atoms. The Morgan fingerprint density at radius 1 is 1.15 bits per heavy atom. The van der Waals surface area contributed by atoms with Crippen molar-refractivity contribution in [3.63, 3.8) is 0 Å². The molecule has 2 amide bonds. The first-order valence-electron chi connectivity index (χ1n) is 14.1. The summed E-state index contributed by atoms with van der Waals surface area (Å²) in [5.74, 6) is 0.151. The Balaban J connectivity index is 1.26. The minimum absolute atomic E-state index is 0.0570. The SMILES string of the molecule is CNNC(=O)[C@@H]1CC[C@@H](NC(=O)C2CCC3NNC(c4ccnc(C)c4)C3C2)CN1Cc1c(F)cccc1OC. The number of hydrogen-bond donors (Lipinski definition) is 5. The highest BCUT2D eigenvalue weighted by Crippen LogP contribution is 2.40. The number of piperidine rings is 1. The van der Waals surface area contributed by atoms with E-state index < -0.39 is 6.04 Å². The Kier molecular flexibility index (Phi) is 8.94. The van der Waals surface area contributed by atoms with Gasteiger partial charge in [0.1, 0.15) is 11.6 Å². The van der Waals surface area contributed by atoms with Crippen LogP contribution in [-0.2, 0) is 16.1 Å². The second-order valence-electron chi connectivity index (χ2n) is 11.2. The van der Waals surface area contributed by atoms with Crippen LogP contribution in [0.2, 0.25) is 0 Å². The summed E-state index contributed by atoms with van der Waals surface area (Å²) < 4.78 is 20.2. The van der Waals surface area contributed by atoms with E-state index in [4.69, 9.17) is 4.74 Å². The van der Waals surface area contributed by atoms with E-state index in [1.54, 1.807) is 19.2 Å². The van der Waals surface area contributed by atoms with Gasteiger partial charge in [0.25, 0.3) is 5.91 Å². The molecule has 3 fully saturated rings. The number of carbonyl (C=O) groups is 2. The molecule has 5 N–H and O–H groups in total. The average Bonchev–Trinajstić information content (AvgIpc) is 3.38. The Morgan fingerprint density at radius 3 is 2.77 bits per heavy atom. The van der Waals surface area contributed by atoms with E-state index in [9.17, 15) is 14.0 Å². The molecule has 5 rings (SSSR count). The molecular weight excluding hydrogens is 513 g/mol. The third-order valence-corrected chi connectivity index (χ3v) is 8.64. The van der Waals surface area contributed by atoms with Crippen molar-refractivity contribution in [1.82, 2.24) is 36.9 Å². The topological polar surface area (TPSA) is 120 Å². The summed E-state index contributed by atoms with van der Waals surface area (Å²) in [5.41, 5.74) is 14.8. The number of ether oxygens (including phenoxy) is 1. The molecule has 1 aliphatic carbocycles. The van der Waals surface area contributed by atoms with E-state index in [0.29, 0.717) is 42.7 Å². The summed E-state index contributed by atoms with van der Waals surface area (Å²) in [5, 5.41) is 3.28. The fraction of sp³-hybridized carbons (Fsp3) is 0.552. The van der Waals surface area contributed by atoms with Crippen molar-refractivity contribution in [1.29, 1.82) is 0 Å².